The molecular weight excluding hydrogens is 363 g/mol. The van der Waals surface area contributed by atoms with Crippen molar-refractivity contribution in [2.24, 2.45) is 0 Å². The van der Waals surface area contributed by atoms with E-state index in [1.807, 2.05) is 0 Å². The number of esters is 1. The number of amides is 1. The van der Waals surface area contributed by atoms with Gasteiger partial charge in [0.25, 0.3) is 0 Å². The first-order chi connectivity index (χ1) is 12.6. The van der Waals surface area contributed by atoms with E-state index in [-0.39, 0.29) is 12.3 Å². The van der Waals surface area contributed by atoms with Gasteiger partial charge in [-0.15, -0.1) is 0 Å². The third-order valence-electron chi connectivity index (χ3n) is 3.52. The Morgan fingerprint density at radius 1 is 0.963 bits per heavy atom. The fourth-order valence-electron chi connectivity index (χ4n) is 2.20. The molecule has 0 heterocycles. The predicted molar refractivity (Wildman–Crippen MR) is 91.2 cm³/mol. The van der Waals surface area contributed by atoms with Crippen molar-refractivity contribution in [3.63, 3.8) is 0 Å². The molecular formula is C19H16F3NO4. The molecule has 0 atom stereocenters. The highest BCUT2D eigenvalue weighted by molar-refractivity contribution is 5.98. The molecule has 0 spiro atoms. The molecule has 2 rings (SSSR count). The van der Waals surface area contributed by atoms with E-state index in [2.05, 4.69) is 5.32 Å². The van der Waals surface area contributed by atoms with Gasteiger partial charge in [0.05, 0.1) is 12.0 Å². The Balaban J connectivity index is 1.86. The molecule has 27 heavy (non-hydrogen) atoms. The van der Waals surface area contributed by atoms with Crippen LogP contribution >= 0.6 is 0 Å². The second-order valence-corrected chi connectivity index (χ2v) is 5.71. The van der Waals surface area contributed by atoms with Crippen molar-refractivity contribution in [1.29, 1.82) is 0 Å². The molecule has 0 aliphatic rings. The quantitative estimate of drug-likeness (QED) is 0.615. The number of rotatable bonds is 6. The molecule has 1 N–H and O–H groups in total. The van der Waals surface area contributed by atoms with Crippen molar-refractivity contribution < 1.29 is 32.3 Å². The lowest BCUT2D eigenvalue weighted by molar-refractivity contribution is -0.141. The number of ketones is 1. The van der Waals surface area contributed by atoms with Gasteiger partial charge in [0.1, 0.15) is 0 Å². The first kappa shape index (κ1) is 20.2. The van der Waals surface area contributed by atoms with E-state index < -0.39 is 30.1 Å². The van der Waals surface area contributed by atoms with Crippen LogP contribution in [0.5, 0.6) is 0 Å². The number of benzene rings is 2. The Labute approximate surface area is 153 Å². The van der Waals surface area contributed by atoms with Gasteiger partial charge in [-0.05, 0) is 42.0 Å². The number of hydrogen-bond donors (Lipinski definition) is 1. The van der Waals surface area contributed by atoms with E-state index in [1.165, 1.54) is 31.2 Å². The van der Waals surface area contributed by atoms with Gasteiger partial charge in [-0.2, -0.15) is 13.2 Å². The van der Waals surface area contributed by atoms with Crippen LogP contribution in [0.3, 0.4) is 0 Å². The van der Waals surface area contributed by atoms with Gasteiger partial charge in [-0.1, -0.05) is 12.1 Å². The normalized spacial score (nSPS) is 11.0. The lowest BCUT2D eigenvalue weighted by Crippen LogP contribution is -2.16. The molecule has 2 aromatic rings. The summed E-state index contributed by atoms with van der Waals surface area (Å²) in [4.78, 5) is 34.7. The van der Waals surface area contributed by atoms with Crippen LogP contribution in [0.15, 0.2) is 48.5 Å². The average Bonchev–Trinajstić information content (AvgIpc) is 2.59. The van der Waals surface area contributed by atoms with Crippen LogP contribution < -0.4 is 5.32 Å². The fourth-order valence-corrected chi connectivity index (χ4v) is 2.20. The highest BCUT2D eigenvalue weighted by atomic mass is 19.4. The van der Waals surface area contributed by atoms with Crippen molar-refractivity contribution in [3.8, 4) is 0 Å². The minimum absolute atomic E-state index is 0.243. The highest BCUT2D eigenvalue weighted by Crippen LogP contribution is 2.29. The van der Waals surface area contributed by atoms with E-state index in [0.29, 0.717) is 16.8 Å². The fraction of sp³-hybridized carbons (Fsp3) is 0.211. The number of nitrogens with one attached hydrogen (secondary N) is 1. The summed E-state index contributed by atoms with van der Waals surface area (Å²) in [7, 11) is 0. The lowest BCUT2D eigenvalue weighted by atomic mass is 10.1. The van der Waals surface area contributed by atoms with Gasteiger partial charge in [0, 0.05) is 18.2 Å². The monoisotopic (exact) mass is 379 g/mol. The summed E-state index contributed by atoms with van der Waals surface area (Å²) in [6, 6.07) is 10.2. The highest BCUT2D eigenvalue weighted by Gasteiger charge is 2.30. The second-order valence-electron chi connectivity index (χ2n) is 5.71. The molecule has 0 aliphatic carbocycles. The first-order valence-corrected chi connectivity index (χ1v) is 7.88. The van der Waals surface area contributed by atoms with Crippen LogP contribution in [0.4, 0.5) is 18.9 Å². The molecule has 5 nitrogen and oxygen atoms in total. The molecule has 0 aliphatic heterocycles. The second kappa shape index (κ2) is 8.48. The Morgan fingerprint density at radius 2 is 1.56 bits per heavy atom. The smallest absolute Gasteiger partial charge is 0.416 e. The Hall–Kier alpha value is -3.16. The zero-order chi connectivity index (χ0) is 20.0. The summed E-state index contributed by atoms with van der Waals surface area (Å²) >= 11 is 0. The molecule has 0 bridgehead atoms. The molecule has 8 heteroatoms. The average molecular weight is 379 g/mol. The van der Waals surface area contributed by atoms with Crippen LogP contribution in [-0.2, 0) is 26.9 Å². The topological polar surface area (TPSA) is 72.5 Å². The van der Waals surface area contributed by atoms with Gasteiger partial charge in [0.2, 0.25) is 5.91 Å². The van der Waals surface area contributed by atoms with Gasteiger partial charge >= 0.3 is 12.1 Å². The summed E-state index contributed by atoms with van der Waals surface area (Å²) in [6.07, 6.45) is -4.69. The zero-order valence-corrected chi connectivity index (χ0v) is 14.3. The van der Waals surface area contributed by atoms with Crippen molar-refractivity contribution in [3.05, 3.63) is 65.2 Å². The number of ether oxygens (including phenoxy) is 1. The molecule has 0 saturated heterocycles. The SMILES string of the molecule is CC(=O)Nc1ccc(C(=O)COC(=O)Cc2ccc(C(F)(F)F)cc2)cc1. The van der Waals surface area contributed by atoms with E-state index in [9.17, 15) is 27.6 Å². The van der Waals surface area contributed by atoms with Crippen molar-refractivity contribution in [2.45, 2.75) is 19.5 Å². The first-order valence-electron chi connectivity index (χ1n) is 7.88. The molecule has 0 fully saturated rings. The summed E-state index contributed by atoms with van der Waals surface area (Å²) in [5.41, 5.74) is 0.363. The number of hydrogen-bond acceptors (Lipinski definition) is 4. The predicted octanol–water partition coefficient (Wildman–Crippen LogP) is 3.63. The number of carbonyl (C=O) groups excluding carboxylic acids is 3. The summed E-state index contributed by atoms with van der Waals surface area (Å²) in [5.74, 6) is -1.41. The van der Waals surface area contributed by atoms with Crippen molar-refractivity contribution in [1.82, 2.24) is 0 Å². The maximum Gasteiger partial charge on any atom is 0.416 e. The van der Waals surface area contributed by atoms with Crippen LogP contribution in [0.2, 0.25) is 0 Å². The summed E-state index contributed by atoms with van der Waals surface area (Å²) in [5, 5.41) is 2.56. The Morgan fingerprint density at radius 3 is 2.07 bits per heavy atom. The molecule has 0 unspecified atom stereocenters. The summed E-state index contributed by atoms with van der Waals surface area (Å²) < 4.78 is 42.3. The lowest BCUT2D eigenvalue weighted by Gasteiger charge is -2.08. The Bertz CT molecular complexity index is 828. The van der Waals surface area contributed by atoms with Gasteiger partial charge < -0.3 is 10.1 Å². The van der Waals surface area contributed by atoms with E-state index in [1.54, 1.807) is 12.1 Å². The number of carbonyl (C=O) groups is 3. The molecule has 0 saturated carbocycles. The van der Waals surface area contributed by atoms with E-state index >= 15 is 0 Å². The van der Waals surface area contributed by atoms with Gasteiger partial charge in [-0.3, -0.25) is 14.4 Å². The molecule has 0 radical (unpaired) electrons. The number of halogens is 3. The van der Waals surface area contributed by atoms with Gasteiger partial charge in [0.15, 0.2) is 12.4 Å². The van der Waals surface area contributed by atoms with E-state index in [0.717, 1.165) is 12.1 Å². The van der Waals surface area contributed by atoms with Gasteiger partial charge in [-0.25, -0.2) is 0 Å². The minimum atomic E-state index is -4.44. The molecule has 142 valence electrons. The minimum Gasteiger partial charge on any atom is -0.457 e. The van der Waals surface area contributed by atoms with Crippen molar-refractivity contribution in [2.75, 3.05) is 11.9 Å². The Kier molecular flexibility index (Phi) is 6.33. The van der Waals surface area contributed by atoms with E-state index in [4.69, 9.17) is 4.74 Å². The zero-order valence-electron chi connectivity index (χ0n) is 14.3. The number of Topliss-reactive ketones (excluding diaryl/α,β-unsaturated/α-hetero) is 1. The molecule has 0 aromatic heterocycles. The molecule has 1 amide bonds. The van der Waals surface area contributed by atoms with Crippen LogP contribution in [0.25, 0.3) is 0 Å². The maximum atomic E-state index is 12.5. The van der Waals surface area contributed by atoms with Crippen molar-refractivity contribution >= 4 is 23.3 Å². The maximum absolute atomic E-state index is 12.5. The molecule has 2 aromatic carbocycles. The van der Waals surface area contributed by atoms with Crippen LogP contribution in [0, 0.1) is 0 Å². The number of alkyl halides is 3. The number of anilines is 1. The summed E-state index contributed by atoms with van der Waals surface area (Å²) in [6.45, 7) is 0.869. The third kappa shape index (κ3) is 6.25. The standard InChI is InChI=1S/C19H16F3NO4/c1-12(24)23-16-8-4-14(5-9-16)17(25)11-27-18(26)10-13-2-6-15(7-3-13)19(20,21)22/h2-9H,10-11H2,1H3,(H,23,24). The van der Waals surface area contributed by atoms with Crippen LogP contribution in [0.1, 0.15) is 28.4 Å². The third-order valence-corrected chi connectivity index (χ3v) is 3.52. The van der Waals surface area contributed by atoms with Crippen LogP contribution in [-0.4, -0.2) is 24.3 Å². The largest absolute Gasteiger partial charge is 0.457 e.